The van der Waals surface area contributed by atoms with Crippen LogP contribution in [0, 0.1) is 0 Å². The van der Waals surface area contributed by atoms with Gasteiger partial charge in [-0.1, -0.05) is 19.3 Å². The van der Waals surface area contributed by atoms with E-state index in [-0.39, 0.29) is 0 Å². The van der Waals surface area contributed by atoms with Gasteiger partial charge in [-0.2, -0.15) is 0 Å². The Balaban J connectivity index is 1.94. The molecule has 0 aliphatic heterocycles. The maximum Gasteiger partial charge on any atom is 0.130 e. The van der Waals surface area contributed by atoms with Crippen molar-refractivity contribution >= 4 is 17.6 Å². The number of anilines is 1. The average molecular weight is 237 g/mol. The molecule has 2 rings (SSSR count). The summed E-state index contributed by atoms with van der Waals surface area (Å²) >= 11 is 1.91. The van der Waals surface area contributed by atoms with Gasteiger partial charge in [0.1, 0.15) is 17.2 Å². The summed E-state index contributed by atoms with van der Waals surface area (Å²) in [7, 11) is 0. The molecule has 1 aromatic rings. The predicted molar refractivity (Wildman–Crippen MR) is 68.9 cm³/mol. The number of aromatic nitrogens is 2. The first kappa shape index (κ1) is 11.7. The maximum absolute atomic E-state index is 4.33. The van der Waals surface area contributed by atoms with Gasteiger partial charge in [0.2, 0.25) is 0 Å². The first-order chi connectivity index (χ1) is 7.88. The van der Waals surface area contributed by atoms with Crippen LogP contribution in [0.15, 0.2) is 17.4 Å². The van der Waals surface area contributed by atoms with Crippen molar-refractivity contribution in [1.29, 1.82) is 0 Å². The van der Waals surface area contributed by atoms with E-state index < -0.39 is 0 Å². The molecule has 0 radical (unpaired) electrons. The second-order valence-electron chi connectivity index (χ2n) is 4.15. The second kappa shape index (κ2) is 6.09. The molecule has 88 valence electrons. The third kappa shape index (κ3) is 3.37. The van der Waals surface area contributed by atoms with E-state index in [9.17, 15) is 0 Å². The molecule has 3 nitrogen and oxygen atoms in total. The van der Waals surface area contributed by atoms with Crippen LogP contribution in [0.1, 0.15) is 39.0 Å². The number of nitrogens with one attached hydrogen (secondary N) is 1. The van der Waals surface area contributed by atoms with Gasteiger partial charge in [0, 0.05) is 17.9 Å². The molecule has 0 bridgehead atoms. The Morgan fingerprint density at radius 3 is 2.88 bits per heavy atom. The van der Waals surface area contributed by atoms with Gasteiger partial charge < -0.3 is 5.32 Å². The molecule has 0 spiro atoms. The zero-order chi connectivity index (χ0) is 11.2. The Kier molecular flexibility index (Phi) is 4.45. The van der Waals surface area contributed by atoms with Crippen LogP contribution in [0.25, 0.3) is 0 Å². The molecular weight excluding hydrogens is 218 g/mol. The van der Waals surface area contributed by atoms with Crippen LogP contribution in [0.2, 0.25) is 0 Å². The lowest BCUT2D eigenvalue weighted by Gasteiger charge is -2.20. The molecule has 1 saturated carbocycles. The highest BCUT2D eigenvalue weighted by atomic mass is 32.2. The van der Waals surface area contributed by atoms with Crippen LogP contribution in [0.5, 0.6) is 0 Å². The summed E-state index contributed by atoms with van der Waals surface area (Å²) in [6, 6.07) is 2.06. The highest BCUT2D eigenvalue weighted by molar-refractivity contribution is 7.99. The monoisotopic (exact) mass is 237 g/mol. The van der Waals surface area contributed by atoms with E-state index in [1.165, 1.54) is 32.1 Å². The standard InChI is InChI=1S/C12H19N3S/c1-2-13-11-8-12(15-9-14-11)16-10-6-4-3-5-7-10/h8-10H,2-7H2,1H3,(H,13,14,15). The number of thioether (sulfide) groups is 1. The first-order valence-electron chi connectivity index (χ1n) is 6.11. The molecular formula is C12H19N3S. The van der Waals surface area contributed by atoms with Gasteiger partial charge in [0.05, 0.1) is 0 Å². The molecule has 1 aliphatic carbocycles. The quantitative estimate of drug-likeness (QED) is 0.815. The lowest BCUT2D eigenvalue weighted by molar-refractivity contribution is 0.515. The molecule has 1 N–H and O–H groups in total. The molecule has 0 saturated heterocycles. The van der Waals surface area contributed by atoms with Crippen LogP contribution in [-0.4, -0.2) is 21.8 Å². The summed E-state index contributed by atoms with van der Waals surface area (Å²) in [4.78, 5) is 8.51. The van der Waals surface area contributed by atoms with Gasteiger partial charge in [-0.15, -0.1) is 11.8 Å². The summed E-state index contributed by atoms with van der Waals surface area (Å²) in [6.07, 6.45) is 8.49. The summed E-state index contributed by atoms with van der Waals surface area (Å²) in [5, 5.41) is 5.09. The van der Waals surface area contributed by atoms with Crippen molar-refractivity contribution in [3.63, 3.8) is 0 Å². The summed E-state index contributed by atoms with van der Waals surface area (Å²) < 4.78 is 0. The molecule has 1 aromatic heterocycles. The lowest BCUT2D eigenvalue weighted by atomic mass is 10.0. The minimum Gasteiger partial charge on any atom is -0.370 e. The van der Waals surface area contributed by atoms with Crippen molar-refractivity contribution < 1.29 is 0 Å². The molecule has 1 aliphatic rings. The van der Waals surface area contributed by atoms with Gasteiger partial charge in [-0.05, 0) is 19.8 Å². The molecule has 0 unspecified atom stereocenters. The fraction of sp³-hybridized carbons (Fsp3) is 0.667. The predicted octanol–water partition coefficient (Wildman–Crippen LogP) is 3.33. The average Bonchev–Trinajstić information content (AvgIpc) is 2.31. The number of hydrogen-bond donors (Lipinski definition) is 1. The SMILES string of the molecule is CCNc1cc(SC2CCCCC2)ncn1. The van der Waals surface area contributed by atoms with Gasteiger partial charge in [0.15, 0.2) is 0 Å². The maximum atomic E-state index is 4.33. The third-order valence-electron chi connectivity index (χ3n) is 2.84. The highest BCUT2D eigenvalue weighted by Crippen LogP contribution is 2.32. The van der Waals surface area contributed by atoms with E-state index in [1.54, 1.807) is 6.33 Å². The molecule has 16 heavy (non-hydrogen) atoms. The Bertz CT molecular complexity index is 324. The zero-order valence-corrected chi connectivity index (χ0v) is 10.6. The van der Waals surface area contributed by atoms with Crippen LogP contribution in [0.3, 0.4) is 0 Å². The zero-order valence-electron chi connectivity index (χ0n) is 9.78. The van der Waals surface area contributed by atoms with Gasteiger partial charge in [-0.25, -0.2) is 9.97 Å². The van der Waals surface area contributed by atoms with Crippen molar-refractivity contribution in [3.8, 4) is 0 Å². The summed E-state index contributed by atoms with van der Waals surface area (Å²) in [5.74, 6) is 0.941. The van der Waals surface area contributed by atoms with E-state index in [1.807, 2.05) is 11.8 Å². The Hall–Kier alpha value is -0.770. The highest BCUT2D eigenvalue weighted by Gasteiger charge is 2.15. The van der Waals surface area contributed by atoms with Gasteiger partial charge in [0.25, 0.3) is 0 Å². The van der Waals surface area contributed by atoms with Crippen molar-refractivity contribution in [2.75, 3.05) is 11.9 Å². The molecule has 0 amide bonds. The molecule has 4 heteroatoms. The van der Waals surface area contributed by atoms with E-state index in [0.717, 1.165) is 22.6 Å². The molecule has 0 aromatic carbocycles. The van der Waals surface area contributed by atoms with Crippen molar-refractivity contribution in [1.82, 2.24) is 9.97 Å². The Morgan fingerprint density at radius 1 is 1.31 bits per heavy atom. The summed E-state index contributed by atoms with van der Waals surface area (Å²) in [5.41, 5.74) is 0. The second-order valence-corrected chi connectivity index (χ2v) is 5.47. The van der Waals surface area contributed by atoms with Crippen LogP contribution < -0.4 is 5.32 Å². The Labute approximate surface area is 101 Å². The van der Waals surface area contributed by atoms with Crippen molar-refractivity contribution in [2.45, 2.75) is 49.3 Å². The van der Waals surface area contributed by atoms with Crippen LogP contribution in [-0.2, 0) is 0 Å². The fourth-order valence-electron chi connectivity index (χ4n) is 2.04. The van der Waals surface area contributed by atoms with Crippen molar-refractivity contribution in [3.05, 3.63) is 12.4 Å². The largest absolute Gasteiger partial charge is 0.370 e. The van der Waals surface area contributed by atoms with Gasteiger partial charge >= 0.3 is 0 Å². The van der Waals surface area contributed by atoms with E-state index in [0.29, 0.717) is 0 Å². The molecule has 0 atom stereocenters. The minimum atomic E-state index is 0.762. The summed E-state index contributed by atoms with van der Waals surface area (Å²) in [6.45, 7) is 2.99. The topological polar surface area (TPSA) is 37.8 Å². The number of hydrogen-bond acceptors (Lipinski definition) is 4. The molecule has 1 fully saturated rings. The fourth-order valence-corrected chi connectivity index (χ4v) is 3.23. The third-order valence-corrected chi connectivity index (χ3v) is 4.11. The smallest absolute Gasteiger partial charge is 0.130 e. The first-order valence-corrected chi connectivity index (χ1v) is 6.99. The lowest BCUT2D eigenvalue weighted by Crippen LogP contribution is -2.08. The van der Waals surface area contributed by atoms with Gasteiger partial charge in [-0.3, -0.25) is 0 Å². The molecule has 1 heterocycles. The van der Waals surface area contributed by atoms with E-state index in [4.69, 9.17) is 0 Å². The minimum absolute atomic E-state index is 0.762. The van der Waals surface area contributed by atoms with E-state index in [2.05, 4.69) is 28.3 Å². The normalized spacial score (nSPS) is 17.3. The van der Waals surface area contributed by atoms with Crippen molar-refractivity contribution in [2.24, 2.45) is 0 Å². The van der Waals surface area contributed by atoms with Crippen LogP contribution in [0.4, 0.5) is 5.82 Å². The number of rotatable bonds is 4. The van der Waals surface area contributed by atoms with E-state index >= 15 is 0 Å². The van der Waals surface area contributed by atoms with Crippen LogP contribution >= 0.6 is 11.8 Å². The number of nitrogens with zero attached hydrogens (tertiary/aromatic N) is 2. The Morgan fingerprint density at radius 2 is 2.12 bits per heavy atom.